The van der Waals surface area contributed by atoms with E-state index in [1.54, 1.807) is 6.07 Å². The first-order chi connectivity index (χ1) is 11.1. The number of rotatable bonds is 4. The fraction of sp³-hybridized carbons (Fsp3) is 0.211. The average molecular weight is 328 g/mol. The van der Waals surface area contributed by atoms with Crippen molar-refractivity contribution in [3.63, 3.8) is 0 Å². The summed E-state index contributed by atoms with van der Waals surface area (Å²) in [7, 11) is 0. The minimum absolute atomic E-state index is 0.211. The average Bonchev–Trinajstić information content (AvgIpc) is 2.92. The number of halogens is 1. The summed E-state index contributed by atoms with van der Waals surface area (Å²) in [4.78, 5) is 12.4. The molecule has 2 aromatic carbocycles. The summed E-state index contributed by atoms with van der Waals surface area (Å²) in [6, 6.07) is 15.6. The molecule has 1 atom stereocenters. The van der Waals surface area contributed by atoms with Crippen molar-refractivity contribution >= 4 is 28.5 Å². The SMILES string of the molecule is Cc1c(C(=O)NCC(C)c2ccccc2)oc2c(Cl)cccc12. The molecule has 0 aliphatic carbocycles. The predicted molar refractivity (Wildman–Crippen MR) is 93.2 cm³/mol. The van der Waals surface area contributed by atoms with Crippen LogP contribution in [-0.4, -0.2) is 12.5 Å². The topological polar surface area (TPSA) is 42.2 Å². The third-order valence-electron chi connectivity index (χ3n) is 4.06. The number of hydrogen-bond acceptors (Lipinski definition) is 2. The minimum Gasteiger partial charge on any atom is -0.449 e. The quantitative estimate of drug-likeness (QED) is 0.738. The van der Waals surface area contributed by atoms with Gasteiger partial charge in [0.1, 0.15) is 0 Å². The predicted octanol–water partition coefficient (Wildman–Crippen LogP) is 4.93. The second-order valence-electron chi connectivity index (χ2n) is 5.69. The summed E-state index contributed by atoms with van der Waals surface area (Å²) in [6.45, 7) is 4.50. The molecule has 1 aromatic heterocycles. The van der Waals surface area contributed by atoms with Gasteiger partial charge in [-0.05, 0) is 24.5 Å². The molecule has 1 amide bonds. The van der Waals surface area contributed by atoms with Crippen LogP contribution in [0.15, 0.2) is 52.9 Å². The van der Waals surface area contributed by atoms with Gasteiger partial charge in [-0.1, -0.05) is 61.0 Å². The molecule has 3 nitrogen and oxygen atoms in total. The maximum atomic E-state index is 12.4. The fourth-order valence-corrected chi connectivity index (χ4v) is 2.86. The monoisotopic (exact) mass is 327 g/mol. The van der Waals surface area contributed by atoms with Crippen molar-refractivity contribution in [2.45, 2.75) is 19.8 Å². The number of amides is 1. The maximum Gasteiger partial charge on any atom is 0.287 e. The molecule has 1 N–H and O–H groups in total. The molecule has 0 fully saturated rings. The Labute approximate surface area is 140 Å². The highest BCUT2D eigenvalue weighted by molar-refractivity contribution is 6.35. The first-order valence-electron chi connectivity index (χ1n) is 7.58. The van der Waals surface area contributed by atoms with Crippen molar-refractivity contribution < 1.29 is 9.21 Å². The van der Waals surface area contributed by atoms with Crippen molar-refractivity contribution in [1.29, 1.82) is 0 Å². The molecule has 0 aliphatic rings. The van der Waals surface area contributed by atoms with Gasteiger partial charge in [-0.3, -0.25) is 4.79 Å². The zero-order valence-corrected chi connectivity index (χ0v) is 13.9. The van der Waals surface area contributed by atoms with E-state index in [2.05, 4.69) is 24.4 Å². The molecule has 0 bridgehead atoms. The van der Waals surface area contributed by atoms with Gasteiger partial charge in [-0.25, -0.2) is 0 Å². The third kappa shape index (κ3) is 3.10. The number of hydrogen-bond donors (Lipinski definition) is 1. The molecule has 0 saturated heterocycles. The van der Waals surface area contributed by atoms with Crippen molar-refractivity contribution in [3.05, 3.63) is 70.4 Å². The Bertz CT molecular complexity index is 839. The summed E-state index contributed by atoms with van der Waals surface area (Å²) in [6.07, 6.45) is 0. The lowest BCUT2D eigenvalue weighted by molar-refractivity contribution is 0.0925. The summed E-state index contributed by atoms with van der Waals surface area (Å²) in [5, 5.41) is 4.33. The van der Waals surface area contributed by atoms with Crippen LogP contribution in [0.4, 0.5) is 0 Å². The van der Waals surface area contributed by atoms with Gasteiger partial charge in [0, 0.05) is 17.5 Å². The van der Waals surface area contributed by atoms with Crippen LogP contribution in [0.1, 0.15) is 34.5 Å². The third-order valence-corrected chi connectivity index (χ3v) is 4.36. The Morgan fingerprint density at radius 3 is 2.61 bits per heavy atom. The zero-order chi connectivity index (χ0) is 16.4. The largest absolute Gasteiger partial charge is 0.449 e. The van der Waals surface area contributed by atoms with Crippen LogP contribution < -0.4 is 5.32 Å². The van der Waals surface area contributed by atoms with E-state index in [9.17, 15) is 4.79 Å². The molecular weight excluding hydrogens is 310 g/mol. The Morgan fingerprint density at radius 2 is 1.91 bits per heavy atom. The van der Waals surface area contributed by atoms with E-state index in [4.69, 9.17) is 16.0 Å². The Kier molecular flexibility index (Phi) is 4.39. The molecule has 118 valence electrons. The van der Waals surface area contributed by atoms with Gasteiger partial charge in [0.15, 0.2) is 11.3 Å². The van der Waals surface area contributed by atoms with E-state index in [0.717, 1.165) is 10.9 Å². The van der Waals surface area contributed by atoms with Gasteiger partial charge < -0.3 is 9.73 Å². The van der Waals surface area contributed by atoms with E-state index in [1.165, 1.54) is 5.56 Å². The van der Waals surface area contributed by atoms with Crippen LogP contribution in [0.25, 0.3) is 11.0 Å². The first kappa shape index (κ1) is 15.6. The van der Waals surface area contributed by atoms with Gasteiger partial charge in [-0.15, -0.1) is 0 Å². The molecule has 3 rings (SSSR count). The van der Waals surface area contributed by atoms with Crippen LogP contribution in [0, 0.1) is 6.92 Å². The van der Waals surface area contributed by atoms with Gasteiger partial charge in [0.05, 0.1) is 5.02 Å². The molecular formula is C19H18ClNO2. The zero-order valence-electron chi connectivity index (χ0n) is 13.1. The molecule has 4 heteroatoms. The van der Waals surface area contributed by atoms with E-state index in [0.29, 0.717) is 22.9 Å². The lowest BCUT2D eigenvalue weighted by Crippen LogP contribution is -2.27. The second-order valence-corrected chi connectivity index (χ2v) is 6.10. The lowest BCUT2D eigenvalue weighted by atomic mass is 10.0. The number of para-hydroxylation sites is 1. The van der Waals surface area contributed by atoms with Crippen LogP contribution in [0.5, 0.6) is 0 Å². The van der Waals surface area contributed by atoms with E-state index in [1.807, 2.05) is 37.3 Å². The molecule has 23 heavy (non-hydrogen) atoms. The lowest BCUT2D eigenvalue weighted by Gasteiger charge is -2.12. The summed E-state index contributed by atoms with van der Waals surface area (Å²) < 4.78 is 5.69. The number of furan rings is 1. The van der Waals surface area contributed by atoms with Crippen molar-refractivity contribution in [2.75, 3.05) is 6.54 Å². The number of nitrogens with one attached hydrogen (secondary N) is 1. The number of aryl methyl sites for hydroxylation is 1. The van der Waals surface area contributed by atoms with E-state index < -0.39 is 0 Å². The maximum absolute atomic E-state index is 12.4. The number of carbonyl (C=O) groups excluding carboxylic acids is 1. The van der Waals surface area contributed by atoms with Crippen molar-refractivity contribution in [1.82, 2.24) is 5.32 Å². The van der Waals surface area contributed by atoms with Crippen LogP contribution in [-0.2, 0) is 0 Å². The van der Waals surface area contributed by atoms with Gasteiger partial charge >= 0.3 is 0 Å². The van der Waals surface area contributed by atoms with E-state index in [-0.39, 0.29) is 11.8 Å². The Morgan fingerprint density at radius 1 is 1.17 bits per heavy atom. The van der Waals surface area contributed by atoms with Gasteiger partial charge in [-0.2, -0.15) is 0 Å². The smallest absolute Gasteiger partial charge is 0.287 e. The molecule has 0 radical (unpaired) electrons. The minimum atomic E-state index is -0.211. The molecule has 1 heterocycles. The molecule has 1 unspecified atom stereocenters. The van der Waals surface area contributed by atoms with Gasteiger partial charge in [0.2, 0.25) is 0 Å². The van der Waals surface area contributed by atoms with Crippen LogP contribution >= 0.6 is 11.6 Å². The Hall–Kier alpha value is -2.26. The van der Waals surface area contributed by atoms with Gasteiger partial charge in [0.25, 0.3) is 5.91 Å². The highest BCUT2D eigenvalue weighted by Gasteiger charge is 2.19. The molecule has 3 aromatic rings. The second kappa shape index (κ2) is 6.47. The van der Waals surface area contributed by atoms with E-state index >= 15 is 0 Å². The molecule has 0 aliphatic heterocycles. The highest BCUT2D eigenvalue weighted by atomic mass is 35.5. The van der Waals surface area contributed by atoms with Crippen molar-refractivity contribution in [3.8, 4) is 0 Å². The molecule has 0 spiro atoms. The number of fused-ring (bicyclic) bond motifs is 1. The normalized spacial score (nSPS) is 12.3. The number of benzene rings is 2. The summed E-state index contributed by atoms with van der Waals surface area (Å²) >= 11 is 6.13. The van der Waals surface area contributed by atoms with Crippen molar-refractivity contribution in [2.24, 2.45) is 0 Å². The van der Waals surface area contributed by atoms with Crippen LogP contribution in [0.3, 0.4) is 0 Å². The first-order valence-corrected chi connectivity index (χ1v) is 7.96. The Balaban J connectivity index is 1.76. The highest BCUT2D eigenvalue weighted by Crippen LogP contribution is 2.30. The standard InChI is InChI=1S/C19H18ClNO2/c1-12(14-7-4-3-5-8-14)11-21-19(22)17-13(2)15-9-6-10-16(20)18(15)23-17/h3-10,12H,11H2,1-2H3,(H,21,22). The summed E-state index contributed by atoms with van der Waals surface area (Å²) in [5.74, 6) is 0.347. The van der Waals surface area contributed by atoms with Crippen LogP contribution in [0.2, 0.25) is 5.02 Å². The fourth-order valence-electron chi connectivity index (χ4n) is 2.65. The molecule has 0 saturated carbocycles. The number of carbonyl (C=O) groups is 1. The summed E-state index contributed by atoms with van der Waals surface area (Å²) in [5.41, 5.74) is 2.57.